The fourth-order valence-corrected chi connectivity index (χ4v) is 5.48. The predicted molar refractivity (Wildman–Crippen MR) is 98.9 cm³/mol. The largest absolute Gasteiger partial charge is 0.342 e. The van der Waals surface area contributed by atoms with E-state index in [4.69, 9.17) is 0 Å². The lowest BCUT2D eigenvalue weighted by Gasteiger charge is -2.28. The maximum atomic E-state index is 12.6. The quantitative estimate of drug-likeness (QED) is 0.753. The summed E-state index contributed by atoms with van der Waals surface area (Å²) in [6.45, 7) is 2.17. The van der Waals surface area contributed by atoms with Crippen LogP contribution in [0.4, 0.5) is 0 Å². The average molecular weight is 389 g/mol. The molecule has 1 amide bonds. The van der Waals surface area contributed by atoms with Gasteiger partial charge in [-0.15, -0.1) is 0 Å². The van der Waals surface area contributed by atoms with Gasteiger partial charge in [0.2, 0.25) is 15.9 Å². The molecule has 0 N–H and O–H groups in total. The second-order valence-corrected chi connectivity index (χ2v) is 9.25. The van der Waals surface area contributed by atoms with E-state index in [9.17, 15) is 13.2 Å². The van der Waals surface area contributed by atoms with Crippen molar-refractivity contribution in [1.82, 2.24) is 24.0 Å². The van der Waals surface area contributed by atoms with Crippen LogP contribution in [0.15, 0.2) is 43.0 Å². The van der Waals surface area contributed by atoms with Crippen molar-refractivity contribution in [3.8, 4) is 0 Å². The number of rotatable bonds is 5. The molecule has 144 valence electrons. The molecule has 2 saturated heterocycles. The minimum absolute atomic E-state index is 0.0811. The smallest absolute Gasteiger partial charge is 0.224 e. The van der Waals surface area contributed by atoms with Crippen LogP contribution in [0.3, 0.4) is 0 Å². The zero-order valence-corrected chi connectivity index (χ0v) is 16.0. The van der Waals surface area contributed by atoms with Crippen molar-refractivity contribution in [2.24, 2.45) is 11.8 Å². The fraction of sp³-hybridized carbons (Fsp3) is 0.500. The van der Waals surface area contributed by atoms with E-state index in [2.05, 4.69) is 10.1 Å². The van der Waals surface area contributed by atoms with Crippen molar-refractivity contribution in [2.45, 2.75) is 19.0 Å². The summed E-state index contributed by atoms with van der Waals surface area (Å²) < 4.78 is 27.9. The normalized spacial score (nSPS) is 25.7. The molecule has 0 aliphatic carbocycles. The lowest BCUT2D eigenvalue weighted by Crippen LogP contribution is -2.37. The van der Waals surface area contributed by atoms with Gasteiger partial charge < -0.3 is 4.90 Å². The van der Waals surface area contributed by atoms with E-state index in [0.717, 1.165) is 5.56 Å². The van der Waals surface area contributed by atoms with Crippen LogP contribution >= 0.6 is 0 Å². The van der Waals surface area contributed by atoms with Gasteiger partial charge in [-0.1, -0.05) is 30.3 Å². The van der Waals surface area contributed by atoms with Gasteiger partial charge in [0.05, 0.1) is 18.8 Å². The van der Waals surface area contributed by atoms with Gasteiger partial charge in [0, 0.05) is 32.0 Å². The van der Waals surface area contributed by atoms with Gasteiger partial charge in [-0.3, -0.25) is 9.48 Å². The van der Waals surface area contributed by atoms with Gasteiger partial charge in [0.1, 0.15) is 12.7 Å². The van der Waals surface area contributed by atoms with Crippen molar-refractivity contribution in [3.63, 3.8) is 0 Å². The highest BCUT2D eigenvalue weighted by atomic mass is 32.2. The van der Waals surface area contributed by atoms with Gasteiger partial charge in [0.25, 0.3) is 0 Å². The molecular weight excluding hydrogens is 366 g/mol. The van der Waals surface area contributed by atoms with Crippen LogP contribution in [0.25, 0.3) is 0 Å². The van der Waals surface area contributed by atoms with E-state index in [1.807, 2.05) is 35.2 Å². The molecule has 1 aromatic heterocycles. The first-order chi connectivity index (χ1) is 12.9. The molecule has 2 aliphatic rings. The number of amides is 1. The summed E-state index contributed by atoms with van der Waals surface area (Å²) in [5.74, 6) is 0.371. The van der Waals surface area contributed by atoms with E-state index in [-0.39, 0.29) is 23.8 Å². The molecule has 3 atom stereocenters. The van der Waals surface area contributed by atoms with Crippen LogP contribution in [-0.4, -0.2) is 64.2 Å². The second kappa shape index (κ2) is 7.05. The Balaban J connectivity index is 1.49. The summed E-state index contributed by atoms with van der Waals surface area (Å²) >= 11 is 0. The number of hydrogen-bond acceptors (Lipinski definition) is 5. The number of sulfonamides is 1. The zero-order valence-electron chi connectivity index (χ0n) is 15.2. The number of fused-ring (bicyclic) bond motifs is 1. The molecule has 8 nitrogen and oxygen atoms in total. The molecule has 0 bridgehead atoms. The van der Waals surface area contributed by atoms with E-state index in [1.54, 1.807) is 15.3 Å². The number of aryl methyl sites for hydroxylation is 1. The summed E-state index contributed by atoms with van der Waals surface area (Å²) in [6.07, 6.45) is 4.69. The summed E-state index contributed by atoms with van der Waals surface area (Å²) in [5.41, 5.74) is 0.993. The van der Waals surface area contributed by atoms with Crippen molar-refractivity contribution in [2.75, 3.05) is 25.9 Å². The maximum absolute atomic E-state index is 12.6. The Morgan fingerprint density at radius 1 is 1.19 bits per heavy atom. The Hall–Kier alpha value is -2.26. The molecule has 27 heavy (non-hydrogen) atoms. The predicted octanol–water partition coefficient (Wildman–Crippen LogP) is 0.759. The van der Waals surface area contributed by atoms with Gasteiger partial charge in [-0.25, -0.2) is 13.4 Å². The van der Waals surface area contributed by atoms with E-state index >= 15 is 0 Å². The van der Waals surface area contributed by atoms with Crippen LogP contribution in [0, 0.1) is 11.8 Å². The van der Waals surface area contributed by atoms with Crippen LogP contribution in [0.5, 0.6) is 0 Å². The number of aromatic nitrogens is 3. The molecule has 0 spiro atoms. The number of carbonyl (C=O) groups is 1. The van der Waals surface area contributed by atoms with Gasteiger partial charge in [-0.2, -0.15) is 9.40 Å². The number of hydrogen-bond donors (Lipinski definition) is 0. The third kappa shape index (κ3) is 3.61. The molecule has 0 saturated carbocycles. The third-order valence-corrected chi connectivity index (χ3v) is 6.79. The molecule has 1 aromatic carbocycles. The highest BCUT2D eigenvalue weighted by Crippen LogP contribution is 2.46. The van der Waals surface area contributed by atoms with Crippen molar-refractivity contribution < 1.29 is 13.2 Å². The Morgan fingerprint density at radius 3 is 2.63 bits per heavy atom. The molecule has 0 radical (unpaired) electrons. The van der Waals surface area contributed by atoms with Crippen LogP contribution < -0.4 is 0 Å². The van der Waals surface area contributed by atoms with Crippen molar-refractivity contribution in [1.29, 1.82) is 0 Å². The first kappa shape index (κ1) is 18.1. The molecule has 4 rings (SSSR count). The molecule has 9 heteroatoms. The van der Waals surface area contributed by atoms with Gasteiger partial charge >= 0.3 is 0 Å². The Morgan fingerprint density at radius 2 is 1.96 bits per heavy atom. The summed E-state index contributed by atoms with van der Waals surface area (Å²) in [6, 6.07) is 9.52. The van der Waals surface area contributed by atoms with Crippen LogP contribution in [0.1, 0.15) is 18.0 Å². The van der Waals surface area contributed by atoms with Crippen molar-refractivity contribution >= 4 is 15.9 Å². The standard InChI is InChI=1S/C18H23N5O3S/c1-27(25,26)23-10-15-9-21(17(24)7-8-22-13-19-12-20-22)11-16(15)18(23)14-5-3-2-4-6-14/h2-6,12-13,15-16,18H,7-11H2,1H3/t15-,16-,18+/m1/s1. The summed E-state index contributed by atoms with van der Waals surface area (Å²) in [5, 5.41) is 4.02. The minimum atomic E-state index is -3.31. The number of nitrogens with zero attached hydrogens (tertiary/aromatic N) is 5. The highest BCUT2D eigenvalue weighted by molar-refractivity contribution is 7.88. The highest BCUT2D eigenvalue weighted by Gasteiger charge is 2.51. The van der Waals surface area contributed by atoms with E-state index in [1.165, 1.54) is 12.6 Å². The second-order valence-electron chi connectivity index (χ2n) is 7.32. The topological polar surface area (TPSA) is 88.4 Å². The zero-order chi connectivity index (χ0) is 19.0. The number of benzene rings is 1. The molecule has 2 aromatic rings. The Kier molecular flexibility index (Phi) is 4.73. The molecule has 0 unspecified atom stereocenters. The Bertz CT molecular complexity index is 900. The molecule has 2 aliphatic heterocycles. The number of likely N-dealkylation sites (tertiary alicyclic amines) is 1. The summed E-state index contributed by atoms with van der Waals surface area (Å²) in [7, 11) is -3.31. The first-order valence-corrected chi connectivity index (χ1v) is 10.9. The van der Waals surface area contributed by atoms with Gasteiger partial charge in [-0.05, 0) is 11.5 Å². The van der Waals surface area contributed by atoms with Gasteiger partial charge in [0.15, 0.2) is 0 Å². The molecule has 3 heterocycles. The number of carbonyl (C=O) groups excluding carboxylic acids is 1. The molecule has 2 fully saturated rings. The maximum Gasteiger partial charge on any atom is 0.224 e. The SMILES string of the molecule is CS(=O)(=O)N1C[C@H]2CN(C(=O)CCn3cncn3)C[C@H]2[C@@H]1c1ccccc1. The molecular formula is C18H23N5O3S. The lowest BCUT2D eigenvalue weighted by molar-refractivity contribution is -0.130. The van der Waals surface area contributed by atoms with E-state index < -0.39 is 10.0 Å². The minimum Gasteiger partial charge on any atom is -0.342 e. The van der Waals surface area contributed by atoms with Crippen LogP contribution in [-0.2, 0) is 21.4 Å². The average Bonchev–Trinajstić information content (AvgIpc) is 3.35. The lowest BCUT2D eigenvalue weighted by atomic mass is 9.90. The first-order valence-electron chi connectivity index (χ1n) is 9.05. The van der Waals surface area contributed by atoms with Crippen LogP contribution in [0.2, 0.25) is 0 Å². The Labute approximate surface area is 158 Å². The monoisotopic (exact) mass is 389 g/mol. The third-order valence-electron chi connectivity index (χ3n) is 5.56. The van der Waals surface area contributed by atoms with Crippen molar-refractivity contribution in [3.05, 3.63) is 48.5 Å². The summed E-state index contributed by atoms with van der Waals surface area (Å²) in [4.78, 5) is 18.4. The fourth-order valence-electron chi connectivity index (χ4n) is 4.33. The van der Waals surface area contributed by atoms with E-state index in [0.29, 0.717) is 32.6 Å².